The zero-order valence-electron chi connectivity index (χ0n) is 18.4. The third-order valence-corrected chi connectivity index (χ3v) is 5.57. The van der Waals surface area contributed by atoms with Gasteiger partial charge in [-0.25, -0.2) is 0 Å². The van der Waals surface area contributed by atoms with Crippen molar-refractivity contribution in [3.63, 3.8) is 0 Å². The van der Waals surface area contributed by atoms with Crippen LogP contribution >= 0.6 is 0 Å². The normalized spacial score (nSPS) is 14.6. The number of piperidine rings is 1. The minimum atomic E-state index is 0.0307. The van der Waals surface area contributed by atoms with Gasteiger partial charge < -0.3 is 10.2 Å². The zero-order chi connectivity index (χ0) is 20.9. The van der Waals surface area contributed by atoms with Crippen LogP contribution in [0.15, 0.2) is 24.3 Å². The number of carbonyl (C=O) groups excluding carboxylic acids is 2. The Labute approximate surface area is 176 Å². The SMILES string of the molecule is CCCN(CCC)C(=O)CCCC(=O)NCc1ccccc1CN1CCCCC1. The van der Waals surface area contributed by atoms with E-state index in [1.807, 2.05) is 11.0 Å². The highest BCUT2D eigenvalue weighted by molar-refractivity contribution is 5.79. The number of rotatable bonds is 12. The molecule has 0 unspecified atom stereocenters. The van der Waals surface area contributed by atoms with E-state index in [0.29, 0.717) is 25.8 Å². The summed E-state index contributed by atoms with van der Waals surface area (Å²) in [6.07, 6.45) is 7.34. The summed E-state index contributed by atoms with van der Waals surface area (Å²) in [6, 6.07) is 8.39. The summed E-state index contributed by atoms with van der Waals surface area (Å²) in [4.78, 5) is 29.0. The van der Waals surface area contributed by atoms with Crippen molar-refractivity contribution in [2.75, 3.05) is 26.2 Å². The number of nitrogens with zero attached hydrogens (tertiary/aromatic N) is 2. The lowest BCUT2D eigenvalue weighted by Crippen LogP contribution is -2.32. The van der Waals surface area contributed by atoms with Crippen molar-refractivity contribution in [1.29, 1.82) is 0 Å². The summed E-state index contributed by atoms with van der Waals surface area (Å²) in [5.74, 6) is 0.205. The topological polar surface area (TPSA) is 52.7 Å². The molecular weight excluding hydrogens is 362 g/mol. The lowest BCUT2D eigenvalue weighted by molar-refractivity contribution is -0.131. The second-order valence-corrected chi connectivity index (χ2v) is 8.12. The molecule has 0 aliphatic carbocycles. The molecule has 1 fully saturated rings. The Kier molecular flexibility index (Phi) is 10.8. The van der Waals surface area contributed by atoms with E-state index in [9.17, 15) is 9.59 Å². The van der Waals surface area contributed by atoms with E-state index in [1.54, 1.807) is 0 Å². The van der Waals surface area contributed by atoms with Crippen LogP contribution in [0.3, 0.4) is 0 Å². The third kappa shape index (κ3) is 8.57. The second-order valence-electron chi connectivity index (χ2n) is 8.12. The van der Waals surface area contributed by atoms with Crippen LogP contribution in [-0.4, -0.2) is 47.8 Å². The van der Waals surface area contributed by atoms with Crippen LogP contribution in [-0.2, 0) is 22.7 Å². The minimum absolute atomic E-state index is 0.0307. The standard InChI is InChI=1S/C24H39N3O2/c1-3-15-27(16-4-2)24(29)14-10-13-23(28)25-19-21-11-6-7-12-22(21)20-26-17-8-5-9-18-26/h6-7,11-12H,3-5,8-10,13-20H2,1-2H3,(H,25,28). The maximum atomic E-state index is 12.3. The second kappa shape index (κ2) is 13.4. The molecule has 1 aromatic carbocycles. The first-order valence-electron chi connectivity index (χ1n) is 11.5. The summed E-state index contributed by atoms with van der Waals surface area (Å²) >= 11 is 0. The lowest BCUT2D eigenvalue weighted by Gasteiger charge is -2.27. The van der Waals surface area contributed by atoms with Crippen molar-refractivity contribution < 1.29 is 9.59 Å². The van der Waals surface area contributed by atoms with Gasteiger partial charge in [-0.3, -0.25) is 14.5 Å². The predicted octanol–water partition coefficient (Wildman–Crippen LogP) is 4.11. The highest BCUT2D eigenvalue weighted by Crippen LogP contribution is 2.16. The molecule has 0 aromatic heterocycles. The van der Waals surface area contributed by atoms with Crippen LogP contribution in [0.25, 0.3) is 0 Å². The largest absolute Gasteiger partial charge is 0.352 e. The molecule has 1 aliphatic heterocycles. The van der Waals surface area contributed by atoms with E-state index in [-0.39, 0.29) is 11.8 Å². The first kappa shape index (κ1) is 23.4. The Morgan fingerprint density at radius 2 is 1.62 bits per heavy atom. The monoisotopic (exact) mass is 401 g/mol. The number of benzene rings is 1. The fourth-order valence-electron chi connectivity index (χ4n) is 3.98. The van der Waals surface area contributed by atoms with E-state index >= 15 is 0 Å². The van der Waals surface area contributed by atoms with Crippen molar-refractivity contribution in [2.45, 2.75) is 78.3 Å². The molecule has 0 bridgehead atoms. The lowest BCUT2D eigenvalue weighted by atomic mass is 10.0. The molecule has 1 heterocycles. The number of amides is 2. The minimum Gasteiger partial charge on any atom is -0.352 e. The molecule has 0 atom stereocenters. The Hall–Kier alpha value is -1.88. The molecule has 29 heavy (non-hydrogen) atoms. The molecule has 1 aromatic rings. The first-order valence-corrected chi connectivity index (χ1v) is 11.5. The van der Waals surface area contributed by atoms with Crippen LogP contribution in [0, 0.1) is 0 Å². The van der Waals surface area contributed by atoms with Gasteiger partial charge in [0.05, 0.1) is 0 Å². The summed E-state index contributed by atoms with van der Waals surface area (Å²) in [5, 5.41) is 3.05. The molecule has 1 saturated heterocycles. The predicted molar refractivity (Wildman–Crippen MR) is 118 cm³/mol. The van der Waals surface area contributed by atoms with E-state index in [1.165, 1.54) is 43.5 Å². The molecule has 5 nitrogen and oxygen atoms in total. The van der Waals surface area contributed by atoms with Crippen molar-refractivity contribution in [3.8, 4) is 0 Å². The molecule has 0 radical (unpaired) electrons. The summed E-state index contributed by atoms with van der Waals surface area (Å²) in [7, 11) is 0. The van der Waals surface area contributed by atoms with Gasteiger partial charge in [-0.2, -0.15) is 0 Å². The average Bonchev–Trinajstić information content (AvgIpc) is 2.73. The van der Waals surface area contributed by atoms with Gasteiger partial charge in [-0.15, -0.1) is 0 Å². The molecule has 1 N–H and O–H groups in total. The maximum Gasteiger partial charge on any atom is 0.222 e. The van der Waals surface area contributed by atoms with E-state index < -0.39 is 0 Å². The van der Waals surface area contributed by atoms with Crippen LogP contribution in [0.1, 0.15) is 76.3 Å². The third-order valence-electron chi connectivity index (χ3n) is 5.57. The van der Waals surface area contributed by atoms with Gasteiger partial charge >= 0.3 is 0 Å². The van der Waals surface area contributed by atoms with Gasteiger partial charge in [-0.1, -0.05) is 44.5 Å². The molecule has 2 rings (SSSR count). The quantitative estimate of drug-likeness (QED) is 0.573. The fourth-order valence-corrected chi connectivity index (χ4v) is 3.98. The molecule has 0 saturated carbocycles. The Balaban J connectivity index is 1.74. The number of carbonyl (C=O) groups is 2. The van der Waals surface area contributed by atoms with Gasteiger partial charge in [0.15, 0.2) is 0 Å². The van der Waals surface area contributed by atoms with Crippen LogP contribution in [0.4, 0.5) is 0 Å². The van der Waals surface area contributed by atoms with Crippen molar-refractivity contribution >= 4 is 11.8 Å². The number of hydrogen-bond acceptors (Lipinski definition) is 3. The van der Waals surface area contributed by atoms with E-state index in [0.717, 1.165) is 32.5 Å². The smallest absolute Gasteiger partial charge is 0.222 e. The Morgan fingerprint density at radius 1 is 0.966 bits per heavy atom. The van der Waals surface area contributed by atoms with Gasteiger partial charge in [-0.05, 0) is 56.3 Å². The number of likely N-dealkylation sites (tertiary alicyclic amines) is 1. The van der Waals surface area contributed by atoms with Crippen molar-refractivity contribution in [2.24, 2.45) is 0 Å². The highest BCUT2D eigenvalue weighted by atomic mass is 16.2. The van der Waals surface area contributed by atoms with Crippen LogP contribution < -0.4 is 5.32 Å². The molecule has 2 amide bonds. The van der Waals surface area contributed by atoms with E-state index in [2.05, 4.69) is 42.3 Å². The molecular formula is C24H39N3O2. The van der Waals surface area contributed by atoms with Gasteiger partial charge in [0.25, 0.3) is 0 Å². The maximum absolute atomic E-state index is 12.3. The fraction of sp³-hybridized carbons (Fsp3) is 0.667. The van der Waals surface area contributed by atoms with Gasteiger partial charge in [0.2, 0.25) is 11.8 Å². The average molecular weight is 402 g/mol. The van der Waals surface area contributed by atoms with Crippen molar-refractivity contribution in [3.05, 3.63) is 35.4 Å². The number of nitrogens with one attached hydrogen (secondary N) is 1. The Bertz CT molecular complexity index is 620. The molecule has 5 heteroatoms. The van der Waals surface area contributed by atoms with Crippen LogP contribution in [0.5, 0.6) is 0 Å². The first-order chi connectivity index (χ1) is 14.1. The molecule has 1 aliphatic rings. The van der Waals surface area contributed by atoms with Crippen molar-refractivity contribution in [1.82, 2.24) is 15.1 Å². The van der Waals surface area contributed by atoms with E-state index in [4.69, 9.17) is 0 Å². The van der Waals surface area contributed by atoms with Gasteiger partial charge in [0, 0.05) is 39.0 Å². The summed E-state index contributed by atoms with van der Waals surface area (Å²) in [6.45, 7) is 9.67. The number of hydrogen-bond donors (Lipinski definition) is 1. The summed E-state index contributed by atoms with van der Waals surface area (Å²) in [5.41, 5.74) is 2.50. The van der Waals surface area contributed by atoms with Crippen LogP contribution in [0.2, 0.25) is 0 Å². The Morgan fingerprint density at radius 3 is 2.28 bits per heavy atom. The highest BCUT2D eigenvalue weighted by Gasteiger charge is 2.14. The van der Waals surface area contributed by atoms with Gasteiger partial charge in [0.1, 0.15) is 0 Å². The zero-order valence-corrected chi connectivity index (χ0v) is 18.4. The molecule has 0 spiro atoms. The molecule has 162 valence electrons. The summed E-state index contributed by atoms with van der Waals surface area (Å²) < 4.78 is 0.